The summed E-state index contributed by atoms with van der Waals surface area (Å²) in [7, 11) is 0. The lowest BCUT2D eigenvalue weighted by atomic mass is 9.53. The summed E-state index contributed by atoms with van der Waals surface area (Å²) in [5, 5.41) is 0. The van der Waals surface area contributed by atoms with Gasteiger partial charge in [-0.3, -0.25) is 0 Å². The molecule has 37 heavy (non-hydrogen) atoms. The van der Waals surface area contributed by atoms with E-state index in [1.54, 1.807) is 11.1 Å². The minimum atomic E-state index is 0.824. The molecule has 14 aliphatic carbocycles. The average Bonchev–Trinajstić information content (AvgIpc) is 2.99. The zero-order chi connectivity index (χ0) is 23.8. The van der Waals surface area contributed by atoms with Crippen LogP contribution in [0.4, 0.5) is 0 Å². The lowest BCUT2D eigenvalue weighted by Crippen LogP contribution is -2.37. The van der Waals surface area contributed by atoms with Crippen LogP contribution in [0.15, 0.2) is 61.5 Å². The molecule has 0 amide bonds. The number of hydrogen-bond acceptors (Lipinski definition) is 0. The second-order valence-electron chi connectivity index (χ2n) is 15.0. The molecule has 190 valence electrons. The molecule has 0 nitrogen and oxygen atoms in total. The third-order valence-corrected chi connectivity index (χ3v) is 13.7. The predicted molar refractivity (Wildman–Crippen MR) is 149 cm³/mol. The standard InChI is InChI=1S/C37H43/c1-9-24-10-2-20(1)28-17-29-21-3-11-25(12-4-21)35(29)32(34(24)28)19-33-36-26-13-5-22(6-14-26)30(36)18-31-23-7-15-27(16-8-23)37(31)33/h17,20-27H,1-16,18H2/q+1. The summed E-state index contributed by atoms with van der Waals surface area (Å²) in [5.74, 6) is 6.84. The van der Waals surface area contributed by atoms with Gasteiger partial charge in [0.15, 0.2) is 0 Å². The molecular formula is C37H43+. The summed E-state index contributed by atoms with van der Waals surface area (Å²) in [6.45, 7) is 0. The Bertz CT molecular complexity index is 1090. The van der Waals surface area contributed by atoms with Crippen molar-refractivity contribution in [2.45, 2.75) is 109 Å². The summed E-state index contributed by atoms with van der Waals surface area (Å²) >= 11 is 0. The van der Waals surface area contributed by atoms with Gasteiger partial charge in [0.05, 0.1) is 22.3 Å². The van der Waals surface area contributed by atoms with Gasteiger partial charge in [-0.1, -0.05) is 16.9 Å². The fraction of sp³-hybridized carbons (Fsp3) is 0.676. The first-order valence-electron chi connectivity index (χ1n) is 16.6. The molecule has 0 aliphatic heterocycles. The van der Waals surface area contributed by atoms with Gasteiger partial charge in [0, 0.05) is 35.7 Å². The molecule has 14 rings (SSSR count). The van der Waals surface area contributed by atoms with E-state index in [2.05, 4.69) is 12.2 Å². The molecule has 0 radical (unpaired) electrons. The van der Waals surface area contributed by atoms with Crippen molar-refractivity contribution in [3.63, 3.8) is 0 Å². The molecule has 0 spiro atoms. The van der Waals surface area contributed by atoms with Crippen molar-refractivity contribution < 1.29 is 0 Å². The summed E-state index contributed by atoms with van der Waals surface area (Å²) in [6, 6.07) is 0. The van der Waals surface area contributed by atoms with E-state index in [9.17, 15) is 0 Å². The van der Waals surface area contributed by atoms with Crippen LogP contribution in [-0.4, -0.2) is 0 Å². The molecule has 4 fully saturated rings. The van der Waals surface area contributed by atoms with Crippen LogP contribution in [0.1, 0.15) is 109 Å². The smallest absolute Gasteiger partial charge is 0.0750 e. The molecule has 0 aromatic rings. The topological polar surface area (TPSA) is 0 Å². The van der Waals surface area contributed by atoms with E-state index in [1.807, 2.05) is 44.6 Å². The van der Waals surface area contributed by atoms with Gasteiger partial charge in [-0.15, -0.1) is 0 Å². The van der Waals surface area contributed by atoms with Gasteiger partial charge in [0.2, 0.25) is 0 Å². The highest BCUT2D eigenvalue weighted by Gasteiger charge is 2.53. The first-order valence-corrected chi connectivity index (χ1v) is 16.6. The number of allylic oxidation sites excluding steroid dienone is 9. The first-order chi connectivity index (χ1) is 18.3. The van der Waals surface area contributed by atoms with Gasteiger partial charge in [-0.2, -0.15) is 0 Å². The largest absolute Gasteiger partial charge is 0.133 e. The van der Waals surface area contributed by atoms with Crippen LogP contribution in [0, 0.1) is 53.8 Å². The molecule has 14 aliphatic rings. The second-order valence-corrected chi connectivity index (χ2v) is 15.0. The van der Waals surface area contributed by atoms with Gasteiger partial charge in [-0.05, 0) is 144 Å². The summed E-state index contributed by atoms with van der Waals surface area (Å²) in [6.07, 6.45) is 27.6. The van der Waals surface area contributed by atoms with Crippen molar-refractivity contribution >= 4 is 0 Å². The third-order valence-electron chi connectivity index (χ3n) is 13.7. The minimum Gasteiger partial charge on any atom is -0.0750 e. The van der Waals surface area contributed by atoms with Gasteiger partial charge in [0.1, 0.15) is 5.57 Å². The number of rotatable bonds is 0. The molecule has 0 N–H and O–H groups in total. The Hall–Kier alpha value is -1.65. The normalized spacial score (nSPS) is 44.6. The SMILES string of the molecule is C(=C1C2=C([CH+]C3=C1C1CCC3CC1)C1CCC2CC1)=C1C2=C(CC3=C1C1CCC3CC1)C1CCC2CC1. The summed E-state index contributed by atoms with van der Waals surface area (Å²) in [4.78, 5) is 0. The highest BCUT2D eigenvalue weighted by Crippen LogP contribution is 2.62. The number of hydrogen-bond donors (Lipinski definition) is 0. The second kappa shape index (κ2) is 7.50. The highest BCUT2D eigenvalue weighted by molar-refractivity contribution is 5.68. The summed E-state index contributed by atoms with van der Waals surface area (Å²) in [5.41, 5.74) is 22.9. The molecule has 0 heterocycles. The number of fused-ring (bicyclic) bond motifs is 8. The Morgan fingerprint density at radius 3 is 1.14 bits per heavy atom. The van der Waals surface area contributed by atoms with Gasteiger partial charge >= 0.3 is 0 Å². The van der Waals surface area contributed by atoms with Crippen LogP contribution in [0.5, 0.6) is 0 Å². The van der Waals surface area contributed by atoms with Gasteiger partial charge in [0.25, 0.3) is 0 Å². The van der Waals surface area contributed by atoms with Gasteiger partial charge < -0.3 is 0 Å². The minimum absolute atomic E-state index is 0.824. The Morgan fingerprint density at radius 1 is 0.378 bits per heavy atom. The maximum absolute atomic E-state index is 4.58. The predicted octanol–water partition coefficient (Wildman–Crippen LogP) is 9.53. The van der Waals surface area contributed by atoms with Crippen LogP contribution in [0.25, 0.3) is 0 Å². The van der Waals surface area contributed by atoms with Crippen LogP contribution in [0.2, 0.25) is 0 Å². The zero-order valence-electron chi connectivity index (χ0n) is 22.7. The van der Waals surface area contributed by atoms with E-state index in [0.29, 0.717) is 0 Å². The van der Waals surface area contributed by atoms with E-state index in [-0.39, 0.29) is 0 Å². The zero-order valence-corrected chi connectivity index (χ0v) is 22.7. The molecular weight excluding hydrogens is 444 g/mol. The highest BCUT2D eigenvalue weighted by atomic mass is 14.5. The molecule has 4 saturated carbocycles. The van der Waals surface area contributed by atoms with E-state index >= 15 is 0 Å². The lowest BCUT2D eigenvalue weighted by Gasteiger charge is -2.50. The van der Waals surface area contributed by atoms with E-state index < -0.39 is 0 Å². The van der Waals surface area contributed by atoms with E-state index in [4.69, 9.17) is 0 Å². The lowest BCUT2D eigenvalue weighted by molar-refractivity contribution is 0.261. The fourth-order valence-corrected chi connectivity index (χ4v) is 12.1. The van der Waals surface area contributed by atoms with Crippen LogP contribution in [-0.2, 0) is 0 Å². The van der Waals surface area contributed by atoms with Crippen molar-refractivity contribution in [1.82, 2.24) is 0 Å². The van der Waals surface area contributed by atoms with Crippen molar-refractivity contribution in [2.75, 3.05) is 0 Å². The monoisotopic (exact) mass is 487 g/mol. The van der Waals surface area contributed by atoms with E-state index in [0.717, 1.165) is 47.3 Å². The van der Waals surface area contributed by atoms with Gasteiger partial charge in [-0.25, -0.2) is 0 Å². The first kappa shape index (κ1) is 21.2. The third kappa shape index (κ3) is 2.75. The molecule has 8 bridgehead atoms. The van der Waals surface area contributed by atoms with Crippen LogP contribution >= 0.6 is 0 Å². The Kier molecular flexibility index (Phi) is 4.30. The molecule has 0 unspecified atom stereocenters. The van der Waals surface area contributed by atoms with Crippen molar-refractivity contribution in [3.8, 4) is 0 Å². The molecule has 0 atom stereocenters. The van der Waals surface area contributed by atoms with Crippen molar-refractivity contribution in [2.24, 2.45) is 47.3 Å². The maximum Gasteiger partial charge on any atom is 0.133 e. The summed E-state index contributed by atoms with van der Waals surface area (Å²) < 4.78 is 0. The average molecular weight is 488 g/mol. The Morgan fingerprint density at radius 2 is 0.703 bits per heavy atom. The molecule has 0 saturated heterocycles. The molecule has 0 heteroatoms. The molecule has 0 aromatic carbocycles. The Labute approximate surface area is 224 Å². The van der Waals surface area contributed by atoms with Crippen molar-refractivity contribution in [3.05, 3.63) is 67.9 Å². The Balaban J connectivity index is 1.29. The maximum atomic E-state index is 4.58. The van der Waals surface area contributed by atoms with Crippen LogP contribution in [0.3, 0.4) is 0 Å². The van der Waals surface area contributed by atoms with Crippen LogP contribution < -0.4 is 0 Å². The van der Waals surface area contributed by atoms with Crippen molar-refractivity contribution in [1.29, 1.82) is 0 Å². The fourth-order valence-electron chi connectivity index (χ4n) is 12.1. The molecule has 0 aromatic heterocycles. The quantitative estimate of drug-likeness (QED) is 0.236. The van der Waals surface area contributed by atoms with E-state index in [1.165, 1.54) is 109 Å².